The SMILES string of the molecule is Cc1ccc([C@@H](NC(=O)CCCN2C(=O)NC(C)(C)C2=O)C2CC2)cc1. The molecule has 6 nitrogen and oxygen atoms in total. The van der Waals surface area contributed by atoms with Crippen LogP contribution in [-0.4, -0.2) is 34.8 Å². The van der Waals surface area contributed by atoms with Gasteiger partial charge in [-0.05, 0) is 51.5 Å². The van der Waals surface area contributed by atoms with Crippen molar-refractivity contribution in [1.82, 2.24) is 15.5 Å². The summed E-state index contributed by atoms with van der Waals surface area (Å²) in [5.41, 5.74) is 1.48. The molecule has 140 valence electrons. The highest BCUT2D eigenvalue weighted by Crippen LogP contribution is 2.41. The van der Waals surface area contributed by atoms with E-state index in [1.807, 2.05) is 6.92 Å². The third-order valence-corrected chi connectivity index (χ3v) is 5.08. The van der Waals surface area contributed by atoms with E-state index in [0.29, 0.717) is 18.8 Å². The fourth-order valence-corrected chi connectivity index (χ4v) is 3.34. The molecule has 2 aliphatic rings. The molecule has 0 aromatic heterocycles. The van der Waals surface area contributed by atoms with Crippen LogP contribution in [0, 0.1) is 12.8 Å². The second-order valence-electron chi connectivity index (χ2n) is 7.91. The normalized spacial score (nSPS) is 20.0. The highest BCUT2D eigenvalue weighted by molar-refractivity contribution is 6.06. The summed E-state index contributed by atoms with van der Waals surface area (Å²) in [6.07, 6.45) is 3.03. The van der Waals surface area contributed by atoms with Crippen LogP contribution in [0.2, 0.25) is 0 Å². The summed E-state index contributed by atoms with van der Waals surface area (Å²) in [7, 11) is 0. The van der Waals surface area contributed by atoms with E-state index >= 15 is 0 Å². The van der Waals surface area contributed by atoms with Gasteiger partial charge in [-0.15, -0.1) is 0 Å². The molecule has 1 aromatic rings. The Kier molecular flexibility index (Phi) is 5.03. The van der Waals surface area contributed by atoms with Crippen LogP contribution in [0.15, 0.2) is 24.3 Å². The van der Waals surface area contributed by atoms with Crippen LogP contribution < -0.4 is 10.6 Å². The van der Waals surface area contributed by atoms with Crippen LogP contribution in [-0.2, 0) is 9.59 Å². The minimum Gasteiger partial charge on any atom is -0.349 e. The van der Waals surface area contributed by atoms with E-state index in [9.17, 15) is 14.4 Å². The van der Waals surface area contributed by atoms with Gasteiger partial charge in [0.15, 0.2) is 0 Å². The summed E-state index contributed by atoms with van der Waals surface area (Å²) in [4.78, 5) is 37.6. The molecule has 3 rings (SSSR count). The van der Waals surface area contributed by atoms with Gasteiger partial charge in [-0.25, -0.2) is 4.79 Å². The van der Waals surface area contributed by atoms with Crippen molar-refractivity contribution in [3.8, 4) is 0 Å². The summed E-state index contributed by atoms with van der Waals surface area (Å²) >= 11 is 0. The monoisotopic (exact) mass is 357 g/mol. The fraction of sp³-hybridized carbons (Fsp3) is 0.550. The number of nitrogens with one attached hydrogen (secondary N) is 2. The topological polar surface area (TPSA) is 78.5 Å². The molecule has 1 aromatic carbocycles. The Morgan fingerprint density at radius 1 is 1.27 bits per heavy atom. The molecule has 1 aliphatic heterocycles. The number of imide groups is 1. The van der Waals surface area contributed by atoms with Gasteiger partial charge < -0.3 is 10.6 Å². The van der Waals surface area contributed by atoms with E-state index in [2.05, 4.69) is 34.9 Å². The van der Waals surface area contributed by atoms with Crippen LogP contribution in [0.4, 0.5) is 4.79 Å². The Morgan fingerprint density at radius 2 is 1.92 bits per heavy atom. The first-order valence-corrected chi connectivity index (χ1v) is 9.28. The average molecular weight is 357 g/mol. The Balaban J connectivity index is 1.51. The molecule has 6 heteroatoms. The molecule has 1 atom stereocenters. The molecule has 0 radical (unpaired) electrons. The first kappa shape index (κ1) is 18.4. The molecule has 1 aliphatic carbocycles. The molecular formula is C20H27N3O3. The van der Waals surface area contributed by atoms with Gasteiger partial charge in [0.25, 0.3) is 5.91 Å². The van der Waals surface area contributed by atoms with Gasteiger partial charge in [-0.2, -0.15) is 0 Å². The number of rotatable bonds is 7. The molecular weight excluding hydrogens is 330 g/mol. The number of urea groups is 1. The van der Waals surface area contributed by atoms with Gasteiger partial charge in [0, 0.05) is 13.0 Å². The van der Waals surface area contributed by atoms with E-state index in [-0.39, 0.29) is 30.4 Å². The number of amides is 4. The summed E-state index contributed by atoms with van der Waals surface area (Å²) in [6.45, 7) is 5.68. The lowest BCUT2D eigenvalue weighted by molar-refractivity contribution is -0.130. The lowest BCUT2D eigenvalue weighted by atomic mass is 10.0. The smallest absolute Gasteiger partial charge is 0.325 e. The minimum atomic E-state index is -0.859. The number of aryl methyl sites for hydroxylation is 1. The zero-order valence-corrected chi connectivity index (χ0v) is 15.7. The lowest BCUT2D eigenvalue weighted by Gasteiger charge is -2.20. The van der Waals surface area contributed by atoms with Crippen LogP contribution in [0.1, 0.15) is 56.7 Å². The average Bonchev–Trinajstić information content (AvgIpc) is 3.38. The maximum absolute atomic E-state index is 12.4. The second kappa shape index (κ2) is 7.09. The predicted molar refractivity (Wildman–Crippen MR) is 98.3 cm³/mol. The van der Waals surface area contributed by atoms with Crippen LogP contribution in [0.25, 0.3) is 0 Å². The maximum Gasteiger partial charge on any atom is 0.325 e. The number of hydrogen-bond donors (Lipinski definition) is 2. The van der Waals surface area contributed by atoms with Crippen molar-refractivity contribution >= 4 is 17.8 Å². The van der Waals surface area contributed by atoms with E-state index in [1.165, 1.54) is 10.5 Å². The zero-order chi connectivity index (χ0) is 18.9. The first-order valence-electron chi connectivity index (χ1n) is 9.28. The third kappa shape index (κ3) is 4.06. The number of carbonyl (C=O) groups is 3. The number of benzene rings is 1. The Morgan fingerprint density at radius 3 is 2.46 bits per heavy atom. The van der Waals surface area contributed by atoms with Gasteiger partial charge in [0.1, 0.15) is 5.54 Å². The van der Waals surface area contributed by atoms with Crippen LogP contribution >= 0.6 is 0 Å². The number of nitrogens with zero attached hydrogens (tertiary/aromatic N) is 1. The Hall–Kier alpha value is -2.37. The molecule has 0 bridgehead atoms. The molecule has 0 unspecified atom stereocenters. The third-order valence-electron chi connectivity index (χ3n) is 5.08. The summed E-state index contributed by atoms with van der Waals surface area (Å²) in [6, 6.07) is 7.96. The molecule has 4 amide bonds. The summed E-state index contributed by atoms with van der Waals surface area (Å²) in [5, 5.41) is 5.79. The Bertz CT molecular complexity index is 708. The van der Waals surface area contributed by atoms with Crippen molar-refractivity contribution < 1.29 is 14.4 Å². The Labute approximate surface area is 154 Å². The maximum atomic E-state index is 12.4. The van der Waals surface area contributed by atoms with E-state index < -0.39 is 5.54 Å². The molecule has 26 heavy (non-hydrogen) atoms. The molecule has 1 saturated carbocycles. The van der Waals surface area contributed by atoms with E-state index in [0.717, 1.165) is 18.4 Å². The predicted octanol–water partition coefficient (Wildman–Crippen LogP) is 2.67. The minimum absolute atomic E-state index is 0.0335. The second-order valence-corrected chi connectivity index (χ2v) is 7.91. The molecule has 2 N–H and O–H groups in total. The van der Waals surface area contributed by atoms with Gasteiger partial charge in [-0.1, -0.05) is 29.8 Å². The molecule has 2 fully saturated rings. The summed E-state index contributed by atoms with van der Waals surface area (Å²) < 4.78 is 0. The zero-order valence-electron chi connectivity index (χ0n) is 15.7. The van der Waals surface area contributed by atoms with Crippen LogP contribution in [0.5, 0.6) is 0 Å². The standard InChI is InChI=1S/C20H27N3O3/c1-13-6-8-14(9-7-13)17(15-10-11-15)21-16(24)5-4-12-23-18(25)20(2,3)22-19(23)26/h6-9,15,17H,4-5,10-12H2,1-3H3,(H,21,24)(H,22,26)/t17-/m1/s1. The van der Waals surface area contributed by atoms with Crippen LogP contribution in [0.3, 0.4) is 0 Å². The van der Waals surface area contributed by atoms with Crippen molar-refractivity contribution in [3.05, 3.63) is 35.4 Å². The van der Waals surface area contributed by atoms with E-state index in [1.54, 1.807) is 13.8 Å². The molecule has 1 saturated heterocycles. The van der Waals surface area contributed by atoms with Crippen molar-refractivity contribution in [1.29, 1.82) is 0 Å². The summed E-state index contributed by atoms with van der Waals surface area (Å²) in [5.74, 6) is 0.237. The number of hydrogen-bond acceptors (Lipinski definition) is 3. The van der Waals surface area contributed by atoms with Crippen molar-refractivity contribution in [3.63, 3.8) is 0 Å². The van der Waals surface area contributed by atoms with Crippen molar-refractivity contribution in [2.24, 2.45) is 5.92 Å². The molecule has 1 heterocycles. The first-order chi connectivity index (χ1) is 12.3. The largest absolute Gasteiger partial charge is 0.349 e. The van der Waals surface area contributed by atoms with Crippen molar-refractivity contribution in [2.45, 2.75) is 58.0 Å². The highest BCUT2D eigenvalue weighted by Gasteiger charge is 2.43. The van der Waals surface area contributed by atoms with Gasteiger partial charge in [0.2, 0.25) is 5.91 Å². The quantitative estimate of drug-likeness (QED) is 0.737. The van der Waals surface area contributed by atoms with E-state index in [4.69, 9.17) is 0 Å². The number of carbonyl (C=O) groups excluding carboxylic acids is 3. The van der Waals surface area contributed by atoms with Gasteiger partial charge in [-0.3, -0.25) is 14.5 Å². The fourth-order valence-electron chi connectivity index (χ4n) is 3.34. The highest BCUT2D eigenvalue weighted by atomic mass is 16.2. The van der Waals surface area contributed by atoms with Gasteiger partial charge in [0.05, 0.1) is 6.04 Å². The molecule has 0 spiro atoms. The lowest BCUT2D eigenvalue weighted by Crippen LogP contribution is -2.40. The van der Waals surface area contributed by atoms with Crippen molar-refractivity contribution in [2.75, 3.05) is 6.54 Å². The van der Waals surface area contributed by atoms with Gasteiger partial charge >= 0.3 is 6.03 Å².